The largest absolute Gasteiger partial charge is 0.366 e. The van der Waals surface area contributed by atoms with Crippen molar-refractivity contribution in [3.05, 3.63) is 48.2 Å². The van der Waals surface area contributed by atoms with Crippen LogP contribution in [0.25, 0.3) is 0 Å². The first kappa shape index (κ1) is 23.3. The van der Waals surface area contributed by atoms with E-state index < -0.39 is 20.0 Å². The zero-order chi connectivity index (χ0) is 21.7. The Hall–Kier alpha value is -2.01. The van der Waals surface area contributed by atoms with Crippen molar-refractivity contribution >= 4 is 25.9 Å². The van der Waals surface area contributed by atoms with E-state index in [1.165, 1.54) is 26.4 Å². The van der Waals surface area contributed by atoms with Crippen molar-refractivity contribution in [2.45, 2.75) is 49.1 Å². The monoisotopic (exact) mass is 440 g/mol. The van der Waals surface area contributed by atoms with E-state index in [1.807, 2.05) is 13.8 Å². The molecule has 0 saturated carbocycles. The fraction of sp³-hybridized carbons (Fsp3) is 0.421. The molecule has 0 aliphatic carbocycles. The molecule has 0 aliphatic heterocycles. The molecule has 1 aromatic carbocycles. The first-order chi connectivity index (χ1) is 13.6. The Morgan fingerprint density at radius 1 is 1.07 bits per heavy atom. The van der Waals surface area contributed by atoms with Crippen LogP contribution in [0.15, 0.2) is 52.4 Å². The van der Waals surface area contributed by atoms with Crippen molar-refractivity contribution < 1.29 is 16.8 Å². The van der Waals surface area contributed by atoms with Gasteiger partial charge >= 0.3 is 0 Å². The van der Waals surface area contributed by atoms with Crippen LogP contribution in [0, 0.1) is 0 Å². The first-order valence-electron chi connectivity index (χ1n) is 9.30. The molecule has 29 heavy (non-hydrogen) atoms. The fourth-order valence-corrected chi connectivity index (χ4v) is 5.09. The van der Waals surface area contributed by atoms with E-state index in [0.717, 1.165) is 17.1 Å². The van der Waals surface area contributed by atoms with Crippen LogP contribution in [0.2, 0.25) is 0 Å². The molecular formula is C19H28N4O4S2. The average molecular weight is 441 g/mol. The lowest BCUT2D eigenvalue weighted by Gasteiger charge is -2.16. The molecule has 1 unspecified atom stereocenters. The van der Waals surface area contributed by atoms with Gasteiger partial charge in [0.2, 0.25) is 20.0 Å². The number of anilines is 1. The number of benzene rings is 1. The molecule has 2 aromatic rings. The molecular weight excluding hydrogens is 412 g/mol. The zero-order valence-electron chi connectivity index (χ0n) is 17.1. The third-order valence-corrected chi connectivity index (χ3v) is 7.81. The molecule has 0 aliphatic rings. The van der Waals surface area contributed by atoms with Gasteiger partial charge in [-0.05, 0) is 37.1 Å². The van der Waals surface area contributed by atoms with Crippen LogP contribution in [0.4, 0.5) is 5.82 Å². The molecule has 0 radical (unpaired) electrons. The lowest BCUT2D eigenvalue weighted by Crippen LogP contribution is -2.32. The van der Waals surface area contributed by atoms with Gasteiger partial charge in [-0.1, -0.05) is 31.5 Å². The van der Waals surface area contributed by atoms with E-state index in [1.54, 1.807) is 30.3 Å². The Morgan fingerprint density at radius 2 is 1.76 bits per heavy atom. The van der Waals surface area contributed by atoms with Gasteiger partial charge in [0, 0.05) is 32.9 Å². The predicted octanol–water partition coefficient (Wildman–Crippen LogP) is 2.41. The number of pyridine rings is 1. The summed E-state index contributed by atoms with van der Waals surface area (Å²) in [6.07, 6.45) is 2.92. The van der Waals surface area contributed by atoms with Gasteiger partial charge in [-0.3, -0.25) is 0 Å². The average Bonchev–Trinajstić information content (AvgIpc) is 2.66. The summed E-state index contributed by atoms with van der Waals surface area (Å²) >= 11 is 0. The highest BCUT2D eigenvalue weighted by Gasteiger charge is 2.21. The van der Waals surface area contributed by atoms with Crippen molar-refractivity contribution in [2.75, 3.05) is 19.4 Å². The highest BCUT2D eigenvalue weighted by atomic mass is 32.2. The van der Waals surface area contributed by atoms with Crippen molar-refractivity contribution in [3.63, 3.8) is 0 Å². The minimum Gasteiger partial charge on any atom is -0.366 e. The second-order valence-corrected chi connectivity index (χ2v) is 10.8. The van der Waals surface area contributed by atoms with E-state index in [9.17, 15) is 16.8 Å². The molecule has 1 atom stereocenters. The molecule has 1 heterocycles. The number of nitrogens with one attached hydrogen (secondary N) is 2. The maximum absolute atomic E-state index is 12.5. The lowest BCUT2D eigenvalue weighted by molar-refractivity contribution is 0.519. The number of aromatic nitrogens is 1. The molecule has 0 saturated heterocycles. The predicted molar refractivity (Wildman–Crippen MR) is 114 cm³/mol. The Balaban J connectivity index is 2.13. The summed E-state index contributed by atoms with van der Waals surface area (Å²) in [6.45, 7) is 4.05. The quantitative estimate of drug-likeness (QED) is 0.587. The minimum atomic E-state index is -3.63. The summed E-state index contributed by atoms with van der Waals surface area (Å²) in [6, 6.07) is 9.58. The van der Waals surface area contributed by atoms with Crippen LogP contribution < -0.4 is 10.0 Å². The van der Waals surface area contributed by atoms with Crippen molar-refractivity contribution in [2.24, 2.45) is 0 Å². The van der Waals surface area contributed by atoms with Crippen LogP contribution in [-0.2, 0) is 26.6 Å². The Morgan fingerprint density at radius 3 is 2.34 bits per heavy atom. The zero-order valence-corrected chi connectivity index (χ0v) is 18.7. The molecule has 0 spiro atoms. The van der Waals surface area contributed by atoms with Gasteiger partial charge in [0.15, 0.2) is 0 Å². The van der Waals surface area contributed by atoms with Crippen LogP contribution in [0.1, 0.15) is 32.3 Å². The second-order valence-electron chi connectivity index (χ2n) is 6.94. The normalized spacial score (nSPS) is 13.4. The number of rotatable bonds is 10. The summed E-state index contributed by atoms with van der Waals surface area (Å²) < 4.78 is 53.5. The molecule has 0 amide bonds. The molecule has 2 N–H and O–H groups in total. The topological polar surface area (TPSA) is 108 Å². The summed E-state index contributed by atoms with van der Waals surface area (Å²) in [5.41, 5.74) is 0.592. The van der Waals surface area contributed by atoms with E-state index in [-0.39, 0.29) is 22.4 Å². The van der Waals surface area contributed by atoms with Crippen molar-refractivity contribution in [1.82, 2.24) is 14.0 Å². The third-order valence-electron chi connectivity index (χ3n) is 4.32. The Kier molecular flexibility index (Phi) is 7.75. The second kappa shape index (κ2) is 9.66. The fourth-order valence-electron chi connectivity index (χ4n) is 2.75. The lowest BCUT2D eigenvalue weighted by atomic mass is 10.2. The number of nitrogens with zero attached hydrogens (tertiary/aromatic N) is 2. The van der Waals surface area contributed by atoms with Gasteiger partial charge in [0.1, 0.15) is 10.7 Å². The molecule has 2 rings (SSSR count). The Bertz CT molecular complexity index is 1020. The summed E-state index contributed by atoms with van der Waals surface area (Å²) in [5.74, 6) is 0.447. The summed E-state index contributed by atoms with van der Waals surface area (Å²) in [7, 11) is -4.23. The molecule has 0 bridgehead atoms. The SMILES string of the molecule is CCCC(C)NS(=O)(=O)c1ccc(NCc2ccccc2S(=O)(=O)N(C)C)nc1. The number of hydrogen-bond donors (Lipinski definition) is 2. The van der Waals surface area contributed by atoms with Gasteiger partial charge < -0.3 is 5.32 Å². The van der Waals surface area contributed by atoms with Gasteiger partial charge in [0.25, 0.3) is 0 Å². The van der Waals surface area contributed by atoms with Gasteiger partial charge in [-0.25, -0.2) is 30.8 Å². The molecule has 10 heteroatoms. The van der Waals surface area contributed by atoms with Crippen LogP contribution in [0.3, 0.4) is 0 Å². The molecule has 0 fully saturated rings. The maximum Gasteiger partial charge on any atom is 0.242 e. The van der Waals surface area contributed by atoms with Gasteiger partial charge in [-0.15, -0.1) is 0 Å². The third kappa shape index (κ3) is 5.99. The highest BCUT2D eigenvalue weighted by Crippen LogP contribution is 2.20. The molecule has 8 nitrogen and oxygen atoms in total. The smallest absolute Gasteiger partial charge is 0.242 e. The standard InChI is InChI=1S/C19H28N4O4S2/c1-5-8-15(2)22-28(24,25)17-11-12-19(21-14-17)20-13-16-9-6-7-10-18(16)29(26,27)23(3)4/h6-7,9-12,14-15,22H,5,8,13H2,1-4H3,(H,20,21). The van der Waals surface area contributed by atoms with E-state index in [2.05, 4.69) is 15.0 Å². The van der Waals surface area contributed by atoms with E-state index >= 15 is 0 Å². The molecule has 160 valence electrons. The van der Waals surface area contributed by atoms with Crippen LogP contribution >= 0.6 is 0 Å². The van der Waals surface area contributed by atoms with E-state index in [4.69, 9.17) is 0 Å². The first-order valence-corrected chi connectivity index (χ1v) is 12.2. The van der Waals surface area contributed by atoms with Crippen molar-refractivity contribution in [3.8, 4) is 0 Å². The molecule has 1 aromatic heterocycles. The highest BCUT2D eigenvalue weighted by molar-refractivity contribution is 7.89. The number of hydrogen-bond acceptors (Lipinski definition) is 6. The van der Waals surface area contributed by atoms with E-state index in [0.29, 0.717) is 11.4 Å². The van der Waals surface area contributed by atoms with Crippen molar-refractivity contribution in [1.29, 1.82) is 0 Å². The summed E-state index contributed by atoms with van der Waals surface area (Å²) in [4.78, 5) is 4.45. The Labute approximate surface area is 173 Å². The van der Waals surface area contributed by atoms with Gasteiger partial charge in [-0.2, -0.15) is 0 Å². The van der Waals surface area contributed by atoms with Crippen LogP contribution in [0.5, 0.6) is 0 Å². The van der Waals surface area contributed by atoms with Gasteiger partial charge in [0.05, 0.1) is 4.90 Å². The minimum absolute atomic E-state index is 0.0848. The maximum atomic E-state index is 12.5. The number of sulfonamides is 2. The van der Waals surface area contributed by atoms with Crippen LogP contribution in [-0.4, -0.2) is 46.3 Å². The summed E-state index contributed by atoms with van der Waals surface area (Å²) in [5, 5.41) is 3.04.